The van der Waals surface area contributed by atoms with Gasteiger partial charge in [-0.3, -0.25) is 5.43 Å². The van der Waals surface area contributed by atoms with E-state index in [0.717, 1.165) is 16.7 Å². The molecule has 0 aromatic heterocycles. The quantitative estimate of drug-likeness (QED) is 0.415. The number of halogens is 2. The highest BCUT2D eigenvalue weighted by Crippen LogP contribution is 2.15. The van der Waals surface area contributed by atoms with Crippen molar-refractivity contribution < 1.29 is 13.5 Å². The molecule has 2 N–H and O–H groups in total. The first-order valence-corrected chi connectivity index (χ1v) is 6.12. The maximum absolute atomic E-state index is 12.6. The van der Waals surface area contributed by atoms with Crippen LogP contribution in [-0.2, 0) is 17.9 Å². The molecule has 0 spiro atoms. The van der Waals surface area contributed by atoms with E-state index in [4.69, 9.17) is 4.74 Å². The van der Waals surface area contributed by atoms with Gasteiger partial charge in [0, 0.05) is 13.3 Å². The molecule has 1 unspecified atom stereocenters. The Balaban J connectivity index is 2.72. The van der Waals surface area contributed by atoms with E-state index in [1.807, 2.05) is 25.2 Å². The Morgan fingerprint density at radius 3 is 2.75 bits per heavy atom. The van der Waals surface area contributed by atoms with Crippen LogP contribution in [0, 0.1) is 0 Å². The van der Waals surface area contributed by atoms with Gasteiger partial charge in [-0.2, -0.15) is 5.10 Å². The highest BCUT2D eigenvalue weighted by Gasteiger charge is 2.20. The molecule has 6 heteroatoms. The third kappa shape index (κ3) is 4.71. The van der Waals surface area contributed by atoms with Crippen LogP contribution in [0.3, 0.4) is 0 Å². The fourth-order valence-corrected chi connectivity index (χ4v) is 1.72. The van der Waals surface area contributed by atoms with Gasteiger partial charge in [-0.25, -0.2) is 8.78 Å². The van der Waals surface area contributed by atoms with E-state index in [0.29, 0.717) is 6.54 Å². The van der Waals surface area contributed by atoms with Gasteiger partial charge >= 0.3 is 0 Å². The maximum atomic E-state index is 12.6. The minimum atomic E-state index is -2.68. The molecule has 0 heterocycles. The molecule has 0 aliphatic carbocycles. The second-order valence-electron chi connectivity index (χ2n) is 4.12. The van der Waals surface area contributed by atoms with Gasteiger partial charge in [0.25, 0.3) is 6.43 Å². The third-order valence-corrected chi connectivity index (χ3v) is 2.67. The summed E-state index contributed by atoms with van der Waals surface area (Å²) in [6.07, 6.45) is -2.41. The van der Waals surface area contributed by atoms with E-state index >= 15 is 0 Å². The molecule has 20 heavy (non-hydrogen) atoms. The molecule has 0 radical (unpaired) electrons. The number of rotatable bonds is 9. The number of hydrazone groups is 1. The summed E-state index contributed by atoms with van der Waals surface area (Å²) < 4.78 is 30.3. The van der Waals surface area contributed by atoms with Gasteiger partial charge in [0.15, 0.2) is 0 Å². The minimum Gasteiger partial charge on any atom is -0.347 e. The van der Waals surface area contributed by atoms with Crippen LogP contribution in [-0.4, -0.2) is 26.4 Å². The molecule has 0 saturated heterocycles. The SMILES string of the molecule is C=Cc1cc(COC(NN=C)C(F)F)ccc1CNC. The van der Waals surface area contributed by atoms with Gasteiger partial charge in [0.05, 0.1) is 6.61 Å². The van der Waals surface area contributed by atoms with Gasteiger partial charge in [-0.1, -0.05) is 24.8 Å². The van der Waals surface area contributed by atoms with Crippen LogP contribution in [0.2, 0.25) is 0 Å². The third-order valence-electron chi connectivity index (χ3n) is 2.67. The second kappa shape index (κ2) is 8.39. The van der Waals surface area contributed by atoms with E-state index in [-0.39, 0.29) is 6.61 Å². The molecule has 4 nitrogen and oxygen atoms in total. The van der Waals surface area contributed by atoms with E-state index < -0.39 is 12.7 Å². The standard InChI is InChI=1S/C14H19F2N3O/c1-4-11-7-10(5-6-12(11)8-17-2)9-20-14(13(15)16)19-18-3/h4-7,13-14,17,19H,1,3,8-9H2,2H3. The normalized spacial score (nSPS) is 12.2. The predicted octanol–water partition coefficient (Wildman–Crippen LogP) is 2.36. The van der Waals surface area contributed by atoms with Crippen LogP contribution < -0.4 is 10.7 Å². The lowest BCUT2D eigenvalue weighted by atomic mass is 10.0. The zero-order valence-electron chi connectivity index (χ0n) is 11.4. The molecule has 0 aliphatic rings. The summed E-state index contributed by atoms with van der Waals surface area (Å²) in [6.45, 7) is 7.61. The number of nitrogens with one attached hydrogen (secondary N) is 2. The molecule has 0 saturated carbocycles. The van der Waals surface area contributed by atoms with Gasteiger partial charge in [0.2, 0.25) is 6.23 Å². The fraction of sp³-hybridized carbons (Fsp3) is 0.357. The Bertz CT molecular complexity index is 452. The van der Waals surface area contributed by atoms with E-state index in [1.54, 1.807) is 6.08 Å². The lowest BCUT2D eigenvalue weighted by Crippen LogP contribution is -2.34. The van der Waals surface area contributed by atoms with Gasteiger partial charge in [-0.15, -0.1) is 0 Å². The number of benzene rings is 1. The summed E-state index contributed by atoms with van der Waals surface area (Å²) in [5, 5.41) is 6.26. The highest BCUT2D eigenvalue weighted by molar-refractivity contribution is 5.53. The molecule has 1 rings (SSSR count). The second-order valence-corrected chi connectivity index (χ2v) is 4.12. The Labute approximate surface area is 117 Å². The maximum Gasteiger partial charge on any atom is 0.283 e. The lowest BCUT2D eigenvalue weighted by Gasteiger charge is -2.16. The van der Waals surface area contributed by atoms with Crippen molar-refractivity contribution in [2.45, 2.75) is 25.8 Å². The van der Waals surface area contributed by atoms with Gasteiger partial charge < -0.3 is 10.1 Å². The predicted molar refractivity (Wildman–Crippen MR) is 76.6 cm³/mol. The fourth-order valence-electron chi connectivity index (χ4n) is 1.72. The Morgan fingerprint density at radius 2 is 2.20 bits per heavy atom. The lowest BCUT2D eigenvalue weighted by molar-refractivity contribution is -0.0803. The van der Waals surface area contributed by atoms with E-state index in [2.05, 4.69) is 29.1 Å². The molecule has 1 atom stereocenters. The van der Waals surface area contributed by atoms with Gasteiger partial charge in [0.1, 0.15) is 0 Å². The van der Waals surface area contributed by atoms with Crippen LogP contribution in [0.5, 0.6) is 0 Å². The van der Waals surface area contributed by atoms with Crippen LogP contribution in [0.25, 0.3) is 6.08 Å². The van der Waals surface area contributed by atoms with Crippen molar-refractivity contribution in [2.75, 3.05) is 7.05 Å². The highest BCUT2D eigenvalue weighted by atomic mass is 19.3. The molecule has 1 aromatic rings. The Kier molecular flexibility index (Phi) is 6.83. The van der Waals surface area contributed by atoms with Crippen molar-refractivity contribution >= 4 is 12.8 Å². The largest absolute Gasteiger partial charge is 0.347 e. The zero-order chi connectivity index (χ0) is 15.0. The minimum absolute atomic E-state index is 0.0538. The summed E-state index contributed by atoms with van der Waals surface area (Å²) >= 11 is 0. The van der Waals surface area contributed by atoms with Crippen molar-refractivity contribution in [2.24, 2.45) is 5.10 Å². The molecule has 0 fully saturated rings. The molecule has 1 aromatic carbocycles. The monoisotopic (exact) mass is 283 g/mol. The number of alkyl halides is 2. The van der Waals surface area contributed by atoms with Crippen molar-refractivity contribution in [1.82, 2.24) is 10.7 Å². The van der Waals surface area contributed by atoms with E-state index in [9.17, 15) is 8.78 Å². The smallest absolute Gasteiger partial charge is 0.283 e. The Morgan fingerprint density at radius 1 is 1.45 bits per heavy atom. The summed E-state index contributed by atoms with van der Waals surface area (Å²) in [6, 6.07) is 5.62. The first-order chi connectivity index (χ1) is 9.62. The summed E-state index contributed by atoms with van der Waals surface area (Å²) in [7, 11) is 1.85. The number of nitrogens with zero attached hydrogens (tertiary/aromatic N) is 1. The first kappa shape index (κ1) is 16.3. The summed E-state index contributed by atoms with van der Waals surface area (Å²) in [5.41, 5.74) is 4.95. The molecule has 110 valence electrons. The number of ether oxygens (including phenoxy) is 1. The summed E-state index contributed by atoms with van der Waals surface area (Å²) in [4.78, 5) is 0. The average Bonchev–Trinajstić information content (AvgIpc) is 2.44. The van der Waals surface area contributed by atoms with Crippen LogP contribution in [0.15, 0.2) is 29.9 Å². The number of hydrogen-bond donors (Lipinski definition) is 2. The van der Waals surface area contributed by atoms with Crippen LogP contribution >= 0.6 is 0 Å². The summed E-state index contributed by atoms with van der Waals surface area (Å²) in [5.74, 6) is 0. The molecule has 0 aliphatic heterocycles. The van der Waals surface area contributed by atoms with Crippen molar-refractivity contribution in [3.8, 4) is 0 Å². The van der Waals surface area contributed by atoms with Crippen LogP contribution in [0.4, 0.5) is 8.78 Å². The molecule has 0 bridgehead atoms. The van der Waals surface area contributed by atoms with Gasteiger partial charge in [-0.05, 0) is 29.8 Å². The molecule has 0 amide bonds. The topological polar surface area (TPSA) is 45.6 Å². The molecular weight excluding hydrogens is 264 g/mol. The number of hydrogen-bond acceptors (Lipinski definition) is 4. The Hall–Kier alpha value is -1.79. The van der Waals surface area contributed by atoms with E-state index in [1.165, 1.54) is 0 Å². The molecular formula is C14H19F2N3O. The average molecular weight is 283 g/mol. The van der Waals surface area contributed by atoms with Crippen molar-refractivity contribution in [3.05, 3.63) is 41.5 Å². The first-order valence-electron chi connectivity index (χ1n) is 6.12. The van der Waals surface area contributed by atoms with Crippen LogP contribution in [0.1, 0.15) is 16.7 Å². The zero-order valence-corrected chi connectivity index (χ0v) is 11.4. The van der Waals surface area contributed by atoms with Crippen molar-refractivity contribution in [3.63, 3.8) is 0 Å². The van der Waals surface area contributed by atoms with Crippen molar-refractivity contribution in [1.29, 1.82) is 0 Å².